The molecular weight excluding hydrogens is 414 g/mol. The van der Waals surface area contributed by atoms with Gasteiger partial charge in [0, 0.05) is 49.3 Å². The molecular formula is C26H37N5O2. The van der Waals surface area contributed by atoms with Crippen LogP contribution < -0.4 is 5.32 Å². The lowest BCUT2D eigenvalue weighted by Gasteiger charge is -2.40. The molecule has 7 heteroatoms. The number of amides is 3. The summed E-state index contributed by atoms with van der Waals surface area (Å²) >= 11 is 0. The summed E-state index contributed by atoms with van der Waals surface area (Å²) in [7, 11) is 6.10. The minimum Gasteiger partial charge on any atom is -0.347 e. The highest BCUT2D eigenvalue weighted by atomic mass is 16.2. The van der Waals surface area contributed by atoms with Crippen LogP contribution in [0.25, 0.3) is 16.5 Å². The summed E-state index contributed by atoms with van der Waals surface area (Å²) in [5.74, 6) is -0.449. The first-order valence-electron chi connectivity index (χ1n) is 12.1. The second-order valence-corrected chi connectivity index (χ2v) is 9.51. The molecule has 2 aromatic rings. The van der Waals surface area contributed by atoms with Crippen LogP contribution in [-0.4, -0.2) is 84.6 Å². The van der Waals surface area contributed by atoms with Crippen LogP contribution in [0.4, 0.5) is 4.79 Å². The maximum Gasteiger partial charge on any atom is 0.324 e. The van der Waals surface area contributed by atoms with Crippen molar-refractivity contribution in [2.24, 2.45) is 5.92 Å². The molecule has 1 aromatic carbocycles. The lowest BCUT2D eigenvalue weighted by molar-refractivity contribution is -0.131. The van der Waals surface area contributed by atoms with Gasteiger partial charge in [-0.05, 0) is 77.1 Å². The lowest BCUT2D eigenvalue weighted by atomic mass is 9.79. The number of likely N-dealkylation sites (N-methyl/N-ethyl adjacent to an activating group) is 1. The van der Waals surface area contributed by atoms with Crippen LogP contribution in [-0.2, 0) is 17.8 Å². The minimum atomic E-state index is -0.340. The third kappa shape index (κ3) is 4.44. The van der Waals surface area contributed by atoms with Gasteiger partial charge in [0.15, 0.2) is 0 Å². The summed E-state index contributed by atoms with van der Waals surface area (Å²) in [5.41, 5.74) is 5.09. The van der Waals surface area contributed by atoms with E-state index in [9.17, 15) is 9.59 Å². The van der Waals surface area contributed by atoms with Gasteiger partial charge in [-0.15, -0.1) is 0 Å². The van der Waals surface area contributed by atoms with Gasteiger partial charge >= 0.3 is 6.03 Å². The fourth-order valence-corrected chi connectivity index (χ4v) is 5.35. The zero-order chi connectivity index (χ0) is 23.7. The molecule has 2 heterocycles. The Balaban J connectivity index is 1.68. The van der Waals surface area contributed by atoms with E-state index in [1.807, 2.05) is 21.0 Å². The highest BCUT2D eigenvalue weighted by Crippen LogP contribution is 2.41. The number of fused-ring (bicyclic) bond motifs is 2. The van der Waals surface area contributed by atoms with Crippen LogP contribution in [0, 0.1) is 5.92 Å². The first kappa shape index (κ1) is 23.5. The van der Waals surface area contributed by atoms with Gasteiger partial charge in [0.2, 0.25) is 5.91 Å². The summed E-state index contributed by atoms with van der Waals surface area (Å²) in [6, 6.07) is 6.45. The molecule has 1 aliphatic carbocycles. The number of imide groups is 1. The van der Waals surface area contributed by atoms with Crippen molar-refractivity contribution in [1.82, 2.24) is 24.6 Å². The third-order valence-electron chi connectivity index (χ3n) is 6.95. The molecule has 1 aliphatic heterocycles. The highest BCUT2D eigenvalue weighted by molar-refractivity contribution is 6.01. The quantitative estimate of drug-likeness (QED) is 0.703. The smallest absolute Gasteiger partial charge is 0.324 e. The number of hydrogen-bond donors (Lipinski definition) is 1. The number of hydrogen-bond acceptors (Lipinski definition) is 4. The first-order valence-corrected chi connectivity index (χ1v) is 12.1. The van der Waals surface area contributed by atoms with Crippen LogP contribution >= 0.6 is 0 Å². The normalized spacial score (nSPS) is 20.0. The van der Waals surface area contributed by atoms with E-state index in [1.165, 1.54) is 32.5 Å². The summed E-state index contributed by atoms with van der Waals surface area (Å²) in [6.07, 6.45) is 6.14. The van der Waals surface area contributed by atoms with E-state index in [1.54, 1.807) is 0 Å². The van der Waals surface area contributed by atoms with Crippen molar-refractivity contribution in [2.45, 2.75) is 39.3 Å². The average molecular weight is 452 g/mol. The van der Waals surface area contributed by atoms with E-state index in [0.717, 1.165) is 25.9 Å². The van der Waals surface area contributed by atoms with E-state index in [4.69, 9.17) is 0 Å². The Hall–Kier alpha value is -2.64. The lowest BCUT2D eigenvalue weighted by Crippen LogP contribution is -2.51. The fourth-order valence-electron chi connectivity index (χ4n) is 5.35. The maximum atomic E-state index is 13.6. The zero-order valence-electron chi connectivity index (χ0n) is 20.6. The molecule has 3 amide bonds. The predicted molar refractivity (Wildman–Crippen MR) is 133 cm³/mol. The predicted octanol–water partition coefficient (Wildman–Crippen LogP) is 3.04. The minimum absolute atomic E-state index is 0.110. The van der Waals surface area contributed by atoms with Gasteiger partial charge in [-0.3, -0.25) is 14.6 Å². The SMILES string of the molecule is CCNC(=O)N(CCCN(C)C)C(=O)C1C=C2c3cccc4c3c(cn4CC)C[C@H]2N(C)C1. The average Bonchev–Trinajstić information content (AvgIpc) is 3.16. The highest BCUT2D eigenvalue weighted by Gasteiger charge is 2.38. The number of urea groups is 1. The van der Waals surface area contributed by atoms with Gasteiger partial charge in [0.25, 0.3) is 0 Å². The fraction of sp³-hybridized carbons (Fsp3) is 0.538. The van der Waals surface area contributed by atoms with Gasteiger partial charge in [-0.1, -0.05) is 18.2 Å². The zero-order valence-corrected chi connectivity index (χ0v) is 20.6. The molecule has 0 saturated heterocycles. The number of carbonyl (C=O) groups excluding carboxylic acids is 2. The van der Waals surface area contributed by atoms with E-state index in [2.05, 4.69) is 64.1 Å². The first-order chi connectivity index (χ1) is 15.8. The maximum absolute atomic E-state index is 13.6. The van der Waals surface area contributed by atoms with E-state index < -0.39 is 0 Å². The van der Waals surface area contributed by atoms with Crippen molar-refractivity contribution in [3.8, 4) is 0 Å². The number of aryl methyl sites for hydroxylation is 1. The number of benzene rings is 1. The van der Waals surface area contributed by atoms with E-state index in [0.29, 0.717) is 19.6 Å². The molecule has 1 unspecified atom stereocenters. The summed E-state index contributed by atoms with van der Waals surface area (Å²) in [6.45, 7) is 7.37. The molecule has 178 valence electrons. The summed E-state index contributed by atoms with van der Waals surface area (Å²) in [4.78, 5) is 32.2. The summed E-state index contributed by atoms with van der Waals surface area (Å²) < 4.78 is 2.32. The van der Waals surface area contributed by atoms with E-state index >= 15 is 0 Å². The second-order valence-electron chi connectivity index (χ2n) is 9.51. The molecule has 33 heavy (non-hydrogen) atoms. The van der Waals surface area contributed by atoms with Crippen molar-refractivity contribution in [2.75, 3.05) is 47.3 Å². The molecule has 2 aliphatic rings. The Morgan fingerprint density at radius 1 is 1.18 bits per heavy atom. The van der Waals surface area contributed by atoms with Crippen LogP contribution in [0.5, 0.6) is 0 Å². The topological polar surface area (TPSA) is 60.8 Å². The Bertz CT molecular complexity index is 1070. The van der Waals surface area contributed by atoms with Gasteiger partial charge < -0.3 is 14.8 Å². The number of nitrogens with one attached hydrogen (secondary N) is 1. The van der Waals surface area contributed by atoms with Crippen molar-refractivity contribution < 1.29 is 9.59 Å². The number of aromatic nitrogens is 1. The van der Waals surface area contributed by atoms with Gasteiger partial charge in [-0.2, -0.15) is 0 Å². The molecule has 0 spiro atoms. The van der Waals surface area contributed by atoms with Crippen molar-refractivity contribution in [1.29, 1.82) is 0 Å². The van der Waals surface area contributed by atoms with Crippen molar-refractivity contribution in [3.63, 3.8) is 0 Å². The van der Waals surface area contributed by atoms with Crippen molar-refractivity contribution >= 4 is 28.4 Å². The monoisotopic (exact) mass is 451 g/mol. The second kappa shape index (κ2) is 9.69. The standard InChI is InChI=1S/C26H37N5O2/c1-6-27-26(33)31(13-9-12-28(3)4)25(32)19-14-21-20-10-8-11-22-24(20)18(17-30(22)7-2)15-23(21)29(5)16-19/h8,10-11,14,17,19,23H,6-7,9,12-13,15-16H2,1-5H3,(H,27,33)/t19?,23-/m1/s1. The Labute approximate surface area is 197 Å². The van der Waals surface area contributed by atoms with Crippen LogP contribution in [0.1, 0.15) is 31.4 Å². The molecule has 0 radical (unpaired) electrons. The van der Waals surface area contributed by atoms with Gasteiger partial charge in [-0.25, -0.2) is 4.79 Å². The molecule has 1 N–H and O–H groups in total. The molecule has 0 fully saturated rings. The van der Waals surface area contributed by atoms with Crippen LogP contribution in [0.2, 0.25) is 0 Å². The number of carbonyl (C=O) groups is 2. The van der Waals surface area contributed by atoms with Crippen LogP contribution in [0.15, 0.2) is 30.5 Å². The Kier molecular flexibility index (Phi) is 6.91. The van der Waals surface area contributed by atoms with Crippen molar-refractivity contribution in [3.05, 3.63) is 41.6 Å². The summed E-state index contributed by atoms with van der Waals surface area (Å²) in [5, 5.41) is 4.14. The number of nitrogens with zero attached hydrogens (tertiary/aromatic N) is 4. The third-order valence-corrected chi connectivity index (χ3v) is 6.95. The van der Waals surface area contributed by atoms with Gasteiger partial charge in [0.1, 0.15) is 0 Å². The Morgan fingerprint density at radius 2 is 1.97 bits per heavy atom. The molecule has 0 saturated carbocycles. The van der Waals surface area contributed by atoms with E-state index in [-0.39, 0.29) is 23.9 Å². The molecule has 1 aromatic heterocycles. The van der Waals surface area contributed by atoms with Gasteiger partial charge in [0.05, 0.1) is 5.92 Å². The molecule has 4 rings (SSSR count). The largest absolute Gasteiger partial charge is 0.347 e. The number of rotatable bonds is 7. The molecule has 2 atom stereocenters. The molecule has 0 bridgehead atoms. The van der Waals surface area contributed by atoms with Crippen LogP contribution in [0.3, 0.4) is 0 Å². The Morgan fingerprint density at radius 3 is 2.67 bits per heavy atom. The molecule has 7 nitrogen and oxygen atoms in total.